The van der Waals surface area contributed by atoms with Gasteiger partial charge in [0, 0.05) is 0 Å². The molecule has 0 heterocycles. The summed E-state index contributed by atoms with van der Waals surface area (Å²) in [7, 11) is -1.50. The highest BCUT2D eigenvalue weighted by molar-refractivity contribution is 7.35. The fourth-order valence-corrected chi connectivity index (χ4v) is 5.92. The first-order valence-corrected chi connectivity index (χ1v) is 9.42. The Labute approximate surface area is 93.0 Å². The molecule has 0 nitrogen and oxygen atoms in total. The maximum atomic E-state index is 6.26. The van der Waals surface area contributed by atoms with Crippen LogP contribution in [0, 0.1) is 5.92 Å². The van der Waals surface area contributed by atoms with Gasteiger partial charge in [-0.25, -0.2) is 0 Å². The van der Waals surface area contributed by atoms with Gasteiger partial charge in [0.25, 0.3) is 0 Å². The summed E-state index contributed by atoms with van der Waals surface area (Å²) in [4.78, 5) is 0. The lowest BCUT2D eigenvalue weighted by molar-refractivity contribution is 0.321. The summed E-state index contributed by atoms with van der Waals surface area (Å²) in [5.41, 5.74) is 0. The van der Waals surface area contributed by atoms with Crippen molar-refractivity contribution in [3.05, 3.63) is 0 Å². The molecule has 1 aliphatic carbocycles. The molecule has 0 radical (unpaired) electrons. The minimum atomic E-state index is -1.50. The molecule has 0 unspecified atom stereocenters. The van der Waals surface area contributed by atoms with Crippen molar-refractivity contribution in [3.63, 3.8) is 0 Å². The van der Waals surface area contributed by atoms with Crippen molar-refractivity contribution in [3.8, 4) is 0 Å². The van der Waals surface area contributed by atoms with Crippen LogP contribution in [0.5, 0.6) is 0 Å². The zero-order chi connectivity index (χ0) is 9.90. The second kappa shape index (κ2) is 5.04. The fourth-order valence-electron chi connectivity index (χ4n) is 2.58. The molecule has 1 aliphatic rings. The van der Waals surface area contributed by atoms with Crippen LogP contribution < -0.4 is 0 Å². The third-order valence-corrected chi connectivity index (χ3v) is 7.64. The Morgan fingerprint density at radius 2 is 1.69 bits per heavy atom. The topological polar surface area (TPSA) is 0 Å². The van der Waals surface area contributed by atoms with Gasteiger partial charge in [-0.3, -0.25) is 0 Å². The molecule has 0 aromatic heterocycles. The van der Waals surface area contributed by atoms with Gasteiger partial charge in [0.1, 0.15) is 0 Å². The maximum Gasteiger partial charge on any atom is 0.243 e. The van der Waals surface area contributed by atoms with Crippen LogP contribution in [0.3, 0.4) is 0 Å². The van der Waals surface area contributed by atoms with Crippen LogP contribution in [-0.2, 0) is 0 Å². The minimum Gasteiger partial charge on any atom is -0.150 e. The SMILES string of the molecule is CC(C)CC1([SiH](Cl)Cl)CCCCC1. The fraction of sp³-hybridized carbons (Fsp3) is 1.00. The van der Waals surface area contributed by atoms with Crippen LogP contribution in [0.25, 0.3) is 0 Å². The second-order valence-electron chi connectivity index (χ2n) is 4.82. The molecule has 0 amide bonds. The van der Waals surface area contributed by atoms with Gasteiger partial charge in [-0.15, -0.1) is 22.2 Å². The zero-order valence-corrected chi connectivity index (χ0v) is 11.3. The summed E-state index contributed by atoms with van der Waals surface area (Å²) in [5, 5.41) is 0.371. The van der Waals surface area contributed by atoms with E-state index >= 15 is 0 Å². The van der Waals surface area contributed by atoms with Crippen molar-refractivity contribution in [1.82, 2.24) is 0 Å². The van der Waals surface area contributed by atoms with Gasteiger partial charge in [-0.1, -0.05) is 33.1 Å². The smallest absolute Gasteiger partial charge is 0.150 e. The van der Waals surface area contributed by atoms with E-state index in [4.69, 9.17) is 22.2 Å². The molecule has 0 aromatic rings. The summed E-state index contributed by atoms with van der Waals surface area (Å²) >= 11 is 12.5. The van der Waals surface area contributed by atoms with Crippen molar-refractivity contribution in [2.45, 2.75) is 57.4 Å². The highest BCUT2D eigenvalue weighted by Crippen LogP contribution is 2.52. The van der Waals surface area contributed by atoms with Crippen molar-refractivity contribution in [2.24, 2.45) is 5.92 Å². The van der Waals surface area contributed by atoms with Crippen LogP contribution in [0.2, 0.25) is 5.04 Å². The van der Waals surface area contributed by atoms with Crippen LogP contribution in [0.1, 0.15) is 52.4 Å². The first-order chi connectivity index (χ1) is 6.07. The van der Waals surface area contributed by atoms with Gasteiger partial charge in [0.2, 0.25) is 7.42 Å². The highest BCUT2D eigenvalue weighted by Gasteiger charge is 2.39. The molecule has 0 spiro atoms. The molecule has 3 heteroatoms. The van der Waals surface area contributed by atoms with E-state index in [-0.39, 0.29) is 0 Å². The van der Waals surface area contributed by atoms with E-state index in [0.29, 0.717) is 5.04 Å². The Kier molecular flexibility index (Phi) is 4.60. The first-order valence-electron chi connectivity index (χ1n) is 5.35. The van der Waals surface area contributed by atoms with Crippen LogP contribution in [0.15, 0.2) is 0 Å². The van der Waals surface area contributed by atoms with Crippen LogP contribution >= 0.6 is 22.2 Å². The summed E-state index contributed by atoms with van der Waals surface area (Å²) in [6.45, 7) is 4.56. The molecular weight excluding hydrogens is 219 g/mol. The average molecular weight is 239 g/mol. The van der Waals surface area contributed by atoms with Gasteiger partial charge in [0.05, 0.1) is 0 Å². The standard InChI is InChI=1S/C10H20Cl2Si/c1-9(2)8-10(13(11)12)6-4-3-5-7-10/h9,13H,3-8H2,1-2H3. The molecule has 1 fully saturated rings. The van der Waals surface area contributed by atoms with E-state index in [1.807, 2.05) is 0 Å². The van der Waals surface area contributed by atoms with Crippen molar-refractivity contribution < 1.29 is 0 Å². The van der Waals surface area contributed by atoms with Crippen molar-refractivity contribution >= 4 is 29.6 Å². The summed E-state index contributed by atoms with van der Waals surface area (Å²) in [6.07, 6.45) is 7.89. The lowest BCUT2D eigenvalue weighted by atomic mass is 9.82. The zero-order valence-electron chi connectivity index (χ0n) is 8.65. The van der Waals surface area contributed by atoms with E-state index in [1.54, 1.807) is 0 Å². The van der Waals surface area contributed by atoms with E-state index in [2.05, 4.69) is 13.8 Å². The Balaban J connectivity index is 2.61. The molecule has 0 atom stereocenters. The number of hydrogen-bond acceptors (Lipinski definition) is 0. The predicted molar refractivity (Wildman–Crippen MR) is 64.1 cm³/mol. The Morgan fingerprint density at radius 1 is 1.15 bits per heavy atom. The van der Waals surface area contributed by atoms with Crippen molar-refractivity contribution in [2.75, 3.05) is 0 Å². The Morgan fingerprint density at radius 3 is 2.08 bits per heavy atom. The normalized spacial score (nSPS) is 22.6. The van der Waals surface area contributed by atoms with Crippen LogP contribution in [0.4, 0.5) is 0 Å². The maximum absolute atomic E-state index is 6.26. The molecule has 0 aliphatic heterocycles. The number of halogens is 2. The van der Waals surface area contributed by atoms with E-state index < -0.39 is 7.42 Å². The quantitative estimate of drug-likeness (QED) is 0.504. The van der Waals surface area contributed by atoms with Crippen LogP contribution in [-0.4, -0.2) is 7.42 Å². The monoisotopic (exact) mass is 238 g/mol. The molecule has 0 bridgehead atoms. The van der Waals surface area contributed by atoms with Gasteiger partial charge in [-0.2, -0.15) is 0 Å². The molecule has 78 valence electrons. The van der Waals surface area contributed by atoms with E-state index in [0.717, 1.165) is 5.92 Å². The third-order valence-electron chi connectivity index (χ3n) is 3.13. The third kappa shape index (κ3) is 3.14. The Bertz CT molecular complexity index is 151. The van der Waals surface area contributed by atoms with Gasteiger partial charge >= 0.3 is 0 Å². The summed E-state index contributed by atoms with van der Waals surface area (Å²) < 4.78 is 0. The highest BCUT2D eigenvalue weighted by atomic mass is 35.7. The van der Waals surface area contributed by atoms with E-state index in [9.17, 15) is 0 Å². The molecular formula is C10H20Cl2Si. The largest absolute Gasteiger partial charge is 0.243 e. The predicted octanol–water partition coefficient (Wildman–Crippen LogP) is 4.44. The average Bonchev–Trinajstić information content (AvgIpc) is 2.04. The second-order valence-corrected chi connectivity index (χ2v) is 9.94. The van der Waals surface area contributed by atoms with Gasteiger partial charge in [0.15, 0.2) is 0 Å². The first kappa shape index (κ1) is 11.9. The molecule has 1 saturated carbocycles. The minimum absolute atomic E-state index is 0.371. The molecule has 13 heavy (non-hydrogen) atoms. The van der Waals surface area contributed by atoms with Crippen molar-refractivity contribution in [1.29, 1.82) is 0 Å². The lowest BCUT2D eigenvalue weighted by Crippen LogP contribution is -2.28. The molecule has 0 N–H and O–H groups in total. The molecule has 1 rings (SSSR count). The van der Waals surface area contributed by atoms with E-state index in [1.165, 1.54) is 38.5 Å². The molecule has 0 saturated heterocycles. The Hall–Kier alpha value is 0.797. The summed E-state index contributed by atoms with van der Waals surface area (Å²) in [6, 6.07) is 0. The summed E-state index contributed by atoms with van der Waals surface area (Å²) in [5.74, 6) is 0.741. The number of hydrogen-bond donors (Lipinski definition) is 0. The van der Waals surface area contributed by atoms with Gasteiger partial charge < -0.3 is 0 Å². The lowest BCUT2D eigenvalue weighted by Gasteiger charge is -2.39. The number of rotatable bonds is 3. The van der Waals surface area contributed by atoms with Gasteiger partial charge in [-0.05, 0) is 30.2 Å². The molecule has 0 aromatic carbocycles.